The molecule has 0 saturated heterocycles. The summed E-state index contributed by atoms with van der Waals surface area (Å²) < 4.78 is 0.915. The number of amides is 6. The minimum absolute atomic E-state index is 0.00164. The molecule has 63 heavy (non-hydrogen) atoms. The lowest BCUT2D eigenvalue weighted by molar-refractivity contribution is -0.121. The Balaban J connectivity index is 2.65. The van der Waals surface area contributed by atoms with Crippen LogP contribution in [0.4, 0.5) is 11.4 Å². The highest BCUT2D eigenvalue weighted by Crippen LogP contribution is 2.38. The van der Waals surface area contributed by atoms with Crippen molar-refractivity contribution in [3.8, 4) is 0 Å². The van der Waals surface area contributed by atoms with Gasteiger partial charge in [0.15, 0.2) is 0 Å². The quantitative estimate of drug-likeness (QED) is 0.0485. The standard InChI is InChI=1S/C35H45I6N7O15/c1-47(31-28(40)22(32(60)42-2-5-49)25(37)23(29(31)41)33(61)43-3-6-50)19(59)9-48(4-7-51)8-18(58)46-30-26(38)20(34(62)44-14(10-52)16(56)12-54)24(36)21(27(30)39)35(63)45-15(11-53)17(57)13-55/h14-17,49-57H,2-13H2,1H3,(H,42,60)(H,43,61)(H,44,62)(H,45,63)(H,46,58). The van der Waals surface area contributed by atoms with Crippen LogP contribution in [0.2, 0.25) is 0 Å². The van der Waals surface area contributed by atoms with Crippen LogP contribution < -0.4 is 31.5 Å². The minimum Gasteiger partial charge on any atom is -0.395 e. The predicted octanol–water partition coefficient (Wildman–Crippen LogP) is -2.46. The van der Waals surface area contributed by atoms with E-state index in [1.807, 2.05) is 67.8 Å². The van der Waals surface area contributed by atoms with Gasteiger partial charge in [0.05, 0.1) is 132 Å². The Kier molecular flexibility index (Phi) is 26.4. The topological polar surface area (TPSA) is 351 Å². The van der Waals surface area contributed by atoms with Crippen LogP contribution in [0, 0.1) is 21.4 Å². The molecule has 0 radical (unpaired) electrons. The number of aliphatic hydroxyl groups excluding tert-OH is 9. The maximum atomic E-state index is 14.0. The Morgan fingerprint density at radius 2 is 0.937 bits per heavy atom. The zero-order chi connectivity index (χ0) is 47.9. The fourth-order valence-corrected chi connectivity index (χ4v) is 14.7. The Hall–Kier alpha value is -0.760. The van der Waals surface area contributed by atoms with E-state index >= 15 is 0 Å². The number of hydrogen-bond donors (Lipinski definition) is 14. The fourth-order valence-electron chi connectivity index (χ4n) is 5.45. The van der Waals surface area contributed by atoms with E-state index in [0.717, 1.165) is 0 Å². The number of hydrogen-bond acceptors (Lipinski definition) is 16. The first-order chi connectivity index (χ1) is 29.7. The summed E-state index contributed by atoms with van der Waals surface area (Å²) >= 11 is 10.7. The molecule has 0 aliphatic heterocycles. The number of benzene rings is 2. The molecule has 2 aromatic carbocycles. The molecule has 0 fully saturated rings. The molecule has 2 rings (SSSR count). The molecule has 4 unspecified atom stereocenters. The SMILES string of the molecule is CN(C(=O)CN(CCO)CC(=O)Nc1c(I)c(C(=O)NC(CO)C(O)CO)c(I)c(C(=O)NC(CO)C(O)CO)c1I)c1c(I)c(C(=O)NCCO)c(I)c(C(=O)NCCO)c1I. The molecule has 14 N–H and O–H groups in total. The van der Waals surface area contributed by atoms with Gasteiger partial charge in [0.2, 0.25) is 11.8 Å². The van der Waals surface area contributed by atoms with Crippen LogP contribution in [0.5, 0.6) is 0 Å². The average molecular weight is 1570 g/mol. The van der Waals surface area contributed by atoms with Gasteiger partial charge in [-0.1, -0.05) is 0 Å². The van der Waals surface area contributed by atoms with Gasteiger partial charge in [-0.15, -0.1) is 0 Å². The molecule has 22 nitrogen and oxygen atoms in total. The van der Waals surface area contributed by atoms with Crippen molar-refractivity contribution in [3.63, 3.8) is 0 Å². The Morgan fingerprint density at radius 1 is 0.540 bits per heavy atom. The second-order valence-electron chi connectivity index (χ2n) is 13.0. The lowest BCUT2D eigenvalue weighted by Gasteiger charge is -2.28. The van der Waals surface area contributed by atoms with E-state index in [4.69, 9.17) is 0 Å². The first-order valence-corrected chi connectivity index (χ1v) is 24.7. The summed E-state index contributed by atoms with van der Waals surface area (Å²) in [5, 5.41) is 99.9. The summed E-state index contributed by atoms with van der Waals surface area (Å²) in [5.41, 5.74) is -0.292. The molecule has 6 amide bonds. The maximum absolute atomic E-state index is 14.0. The molecule has 0 spiro atoms. The number of anilines is 2. The molecular formula is C35H45I6N7O15. The van der Waals surface area contributed by atoms with E-state index in [2.05, 4.69) is 26.6 Å². The molecule has 0 aliphatic carbocycles. The third-order valence-corrected chi connectivity index (χ3v) is 15.2. The van der Waals surface area contributed by atoms with Crippen LogP contribution >= 0.6 is 136 Å². The molecule has 4 atom stereocenters. The number of nitrogens with zero attached hydrogens (tertiary/aromatic N) is 2. The zero-order valence-electron chi connectivity index (χ0n) is 32.9. The van der Waals surface area contributed by atoms with E-state index in [9.17, 15) is 74.7 Å². The van der Waals surface area contributed by atoms with Crippen molar-refractivity contribution in [1.29, 1.82) is 0 Å². The van der Waals surface area contributed by atoms with Gasteiger partial charge in [-0.3, -0.25) is 33.7 Å². The average Bonchev–Trinajstić information content (AvgIpc) is 3.23. The Labute approximate surface area is 442 Å². The molecule has 0 bridgehead atoms. The lowest BCUT2D eigenvalue weighted by Crippen LogP contribution is -2.48. The van der Waals surface area contributed by atoms with Gasteiger partial charge in [0, 0.05) is 33.8 Å². The van der Waals surface area contributed by atoms with E-state index < -0.39 is 106 Å². The highest BCUT2D eigenvalue weighted by Gasteiger charge is 2.34. The lowest BCUT2D eigenvalue weighted by atomic mass is 10.1. The summed E-state index contributed by atoms with van der Waals surface area (Å²) in [6.07, 6.45) is -3.17. The van der Waals surface area contributed by atoms with E-state index in [0.29, 0.717) is 0 Å². The number of rotatable bonds is 24. The van der Waals surface area contributed by atoms with Crippen molar-refractivity contribution < 1.29 is 74.7 Å². The van der Waals surface area contributed by atoms with E-state index in [-0.39, 0.29) is 87.9 Å². The van der Waals surface area contributed by atoms with Gasteiger partial charge in [0.1, 0.15) is 0 Å². The number of carbonyl (C=O) groups excluding carboxylic acids is 6. The molecule has 0 aromatic heterocycles. The third-order valence-electron chi connectivity index (χ3n) is 8.76. The van der Waals surface area contributed by atoms with Crippen molar-refractivity contribution in [1.82, 2.24) is 26.2 Å². The van der Waals surface area contributed by atoms with Crippen molar-refractivity contribution in [2.45, 2.75) is 24.3 Å². The zero-order valence-corrected chi connectivity index (χ0v) is 45.9. The van der Waals surface area contributed by atoms with Crippen LogP contribution in [0.15, 0.2) is 0 Å². The highest BCUT2D eigenvalue weighted by atomic mass is 127. The number of aliphatic hydroxyl groups is 9. The van der Waals surface area contributed by atoms with Gasteiger partial charge in [-0.25, -0.2) is 0 Å². The predicted molar refractivity (Wildman–Crippen MR) is 276 cm³/mol. The number of likely N-dealkylation sites (N-methyl/N-ethyl adjacent to an activating group) is 1. The van der Waals surface area contributed by atoms with E-state index in [1.165, 1.54) is 16.8 Å². The second kappa shape index (κ2) is 28.5. The van der Waals surface area contributed by atoms with Crippen molar-refractivity contribution >= 4 is 182 Å². The number of halogens is 6. The summed E-state index contributed by atoms with van der Waals surface area (Å²) in [7, 11) is 1.38. The van der Waals surface area contributed by atoms with Gasteiger partial charge >= 0.3 is 0 Å². The summed E-state index contributed by atoms with van der Waals surface area (Å²) in [5.74, 6) is -4.61. The first kappa shape index (κ1) is 58.4. The van der Waals surface area contributed by atoms with Crippen LogP contribution in [-0.2, 0) is 9.59 Å². The van der Waals surface area contributed by atoms with Crippen LogP contribution in [-0.4, -0.2) is 197 Å². The van der Waals surface area contributed by atoms with Gasteiger partial charge in [-0.05, 0) is 136 Å². The van der Waals surface area contributed by atoms with Crippen molar-refractivity contribution in [3.05, 3.63) is 43.7 Å². The fraction of sp³-hybridized carbons (Fsp3) is 0.486. The number of carbonyl (C=O) groups is 6. The van der Waals surface area contributed by atoms with Crippen LogP contribution in [0.1, 0.15) is 41.4 Å². The Bertz CT molecular complexity index is 1900. The second-order valence-corrected chi connectivity index (χ2v) is 19.5. The van der Waals surface area contributed by atoms with Crippen molar-refractivity contribution in [2.24, 2.45) is 0 Å². The molecule has 28 heteroatoms. The normalized spacial score (nSPS) is 13.2. The number of nitrogens with one attached hydrogen (secondary N) is 5. The van der Waals surface area contributed by atoms with Crippen LogP contribution in [0.25, 0.3) is 0 Å². The first-order valence-electron chi connectivity index (χ1n) is 18.2. The maximum Gasteiger partial charge on any atom is 0.253 e. The van der Waals surface area contributed by atoms with Crippen molar-refractivity contribution in [2.75, 3.05) is 96.2 Å². The smallest absolute Gasteiger partial charge is 0.253 e. The largest absolute Gasteiger partial charge is 0.395 e. The van der Waals surface area contributed by atoms with Gasteiger partial charge in [0.25, 0.3) is 23.6 Å². The van der Waals surface area contributed by atoms with Crippen LogP contribution in [0.3, 0.4) is 0 Å². The summed E-state index contributed by atoms with van der Waals surface area (Å²) in [6.45, 7) is -5.98. The molecular weight excluding hydrogens is 1520 g/mol. The molecule has 352 valence electrons. The summed E-state index contributed by atoms with van der Waals surface area (Å²) in [4.78, 5) is 84.4. The monoisotopic (exact) mass is 1560 g/mol. The Morgan fingerprint density at radius 3 is 1.29 bits per heavy atom. The van der Waals surface area contributed by atoms with Gasteiger partial charge < -0.3 is 77.4 Å². The highest BCUT2D eigenvalue weighted by molar-refractivity contribution is 14.1. The molecule has 0 saturated carbocycles. The molecule has 0 heterocycles. The molecule has 2 aromatic rings. The molecule has 0 aliphatic rings. The van der Waals surface area contributed by atoms with Gasteiger partial charge in [-0.2, -0.15) is 0 Å². The minimum atomic E-state index is -1.58. The van der Waals surface area contributed by atoms with E-state index in [1.54, 1.807) is 67.8 Å². The summed E-state index contributed by atoms with van der Waals surface area (Å²) in [6, 6.07) is -2.72. The third kappa shape index (κ3) is 15.4.